The van der Waals surface area contributed by atoms with Crippen molar-refractivity contribution in [3.05, 3.63) is 41.2 Å². The molecule has 0 radical (unpaired) electrons. The fourth-order valence-corrected chi connectivity index (χ4v) is 3.69. The van der Waals surface area contributed by atoms with Gasteiger partial charge in [0.1, 0.15) is 11.6 Å². The van der Waals surface area contributed by atoms with Crippen LogP contribution in [0.4, 0.5) is 13.2 Å². The summed E-state index contributed by atoms with van der Waals surface area (Å²) in [4.78, 5) is 14.6. The minimum absolute atomic E-state index is 0.0504. The third-order valence-electron chi connectivity index (χ3n) is 4.98. The quantitative estimate of drug-likeness (QED) is 0.754. The summed E-state index contributed by atoms with van der Waals surface area (Å²) in [6.45, 7) is 9.18. The molecule has 0 saturated heterocycles. The van der Waals surface area contributed by atoms with Gasteiger partial charge < -0.3 is 15.3 Å². The fraction of sp³-hybridized carbons (Fsp3) is 0.550. The number of carbonyl (C=O) groups excluding carboxylic acids is 1. The number of phenols is 1. The normalized spacial score (nSPS) is 15.7. The Labute approximate surface area is 158 Å². The summed E-state index contributed by atoms with van der Waals surface area (Å²) in [5, 5.41) is 12.3. The van der Waals surface area contributed by atoms with Crippen LogP contribution in [0.2, 0.25) is 0 Å². The molecule has 1 amide bonds. The number of nitrogens with one attached hydrogen (secondary N) is 1. The maximum Gasteiger partial charge on any atom is 0.417 e. The number of hydrogen-bond acceptors (Lipinski definition) is 3. The number of phenolic OH excluding ortho intramolecular Hbond substituents is 1. The van der Waals surface area contributed by atoms with Crippen LogP contribution >= 0.6 is 0 Å². The smallest absolute Gasteiger partial charge is 0.417 e. The maximum atomic E-state index is 13.3. The van der Waals surface area contributed by atoms with E-state index in [1.54, 1.807) is 0 Å². The molecule has 0 spiro atoms. The highest BCUT2D eigenvalue weighted by molar-refractivity contribution is 5.97. The van der Waals surface area contributed by atoms with Gasteiger partial charge in [-0.25, -0.2) is 0 Å². The zero-order valence-corrected chi connectivity index (χ0v) is 16.0. The molecule has 0 heterocycles. The molecule has 1 aromatic rings. The number of benzene rings is 1. The second kappa shape index (κ2) is 8.23. The van der Waals surface area contributed by atoms with Gasteiger partial charge >= 0.3 is 6.18 Å². The molecule has 0 aromatic heterocycles. The Kier molecular flexibility index (Phi) is 6.44. The van der Waals surface area contributed by atoms with Gasteiger partial charge in [0, 0.05) is 12.1 Å². The maximum absolute atomic E-state index is 13.3. The molecule has 27 heavy (non-hydrogen) atoms. The SMILES string of the molecule is C=C(NC(=O)c1cc(O)c(C)cc1C(F)(F)F)N(C(C)C)C1CCCCC1. The van der Waals surface area contributed by atoms with Crippen LogP contribution in [-0.4, -0.2) is 28.0 Å². The van der Waals surface area contributed by atoms with E-state index in [-0.39, 0.29) is 29.2 Å². The number of amides is 1. The van der Waals surface area contributed by atoms with Crippen LogP contribution in [-0.2, 0) is 6.18 Å². The first-order valence-electron chi connectivity index (χ1n) is 9.21. The topological polar surface area (TPSA) is 52.6 Å². The van der Waals surface area contributed by atoms with Gasteiger partial charge in [-0.15, -0.1) is 0 Å². The summed E-state index contributed by atoms with van der Waals surface area (Å²) in [6, 6.07) is 1.91. The number of hydrogen-bond donors (Lipinski definition) is 2. The minimum Gasteiger partial charge on any atom is -0.508 e. The highest BCUT2D eigenvalue weighted by Gasteiger charge is 2.36. The number of aryl methyl sites for hydroxylation is 1. The van der Waals surface area contributed by atoms with Crippen molar-refractivity contribution in [2.75, 3.05) is 0 Å². The van der Waals surface area contributed by atoms with Crippen LogP contribution in [0.25, 0.3) is 0 Å². The van der Waals surface area contributed by atoms with Crippen molar-refractivity contribution >= 4 is 5.91 Å². The Morgan fingerprint density at radius 1 is 1.26 bits per heavy atom. The van der Waals surface area contributed by atoms with Gasteiger partial charge in [0.15, 0.2) is 0 Å². The molecule has 2 rings (SSSR count). The molecule has 0 aliphatic heterocycles. The lowest BCUT2D eigenvalue weighted by atomic mass is 9.93. The van der Waals surface area contributed by atoms with E-state index < -0.39 is 23.2 Å². The van der Waals surface area contributed by atoms with Crippen molar-refractivity contribution in [1.29, 1.82) is 0 Å². The lowest BCUT2D eigenvalue weighted by Gasteiger charge is -2.40. The fourth-order valence-electron chi connectivity index (χ4n) is 3.69. The highest BCUT2D eigenvalue weighted by atomic mass is 19.4. The molecule has 4 nitrogen and oxygen atoms in total. The third-order valence-corrected chi connectivity index (χ3v) is 4.98. The van der Waals surface area contributed by atoms with Crippen LogP contribution < -0.4 is 5.32 Å². The first-order valence-corrected chi connectivity index (χ1v) is 9.21. The van der Waals surface area contributed by atoms with Gasteiger partial charge in [-0.3, -0.25) is 4.79 Å². The Balaban J connectivity index is 2.27. The second-order valence-electron chi connectivity index (χ2n) is 7.38. The number of nitrogens with zero attached hydrogens (tertiary/aromatic N) is 1. The van der Waals surface area contributed by atoms with Crippen molar-refractivity contribution in [3.63, 3.8) is 0 Å². The molecule has 7 heteroatoms. The number of carbonyl (C=O) groups is 1. The average molecular weight is 384 g/mol. The molecule has 1 fully saturated rings. The van der Waals surface area contributed by atoms with Crippen LogP contribution in [0.5, 0.6) is 5.75 Å². The summed E-state index contributed by atoms with van der Waals surface area (Å²) in [5.74, 6) is -0.995. The second-order valence-corrected chi connectivity index (χ2v) is 7.38. The van der Waals surface area contributed by atoms with Crippen molar-refractivity contribution < 1.29 is 23.1 Å². The van der Waals surface area contributed by atoms with Crippen molar-refractivity contribution in [2.24, 2.45) is 0 Å². The van der Waals surface area contributed by atoms with Crippen LogP contribution in [0.3, 0.4) is 0 Å². The molecule has 1 aliphatic rings. The van der Waals surface area contributed by atoms with Gasteiger partial charge in [0.25, 0.3) is 5.91 Å². The standard InChI is InChI=1S/C20H27F3N2O2/c1-12(2)25(15-8-6-5-7-9-15)14(4)24-19(27)16-11-18(26)13(3)10-17(16)20(21,22)23/h10-12,15,26H,4-9H2,1-3H3,(H,24,27). The molecular formula is C20H27F3N2O2. The summed E-state index contributed by atoms with van der Waals surface area (Å²) in [7, 11) is 0. The van der Waals surface area contributed by atoms with Crippen molar-refractivity contribution in [3.8, 4) is 5.75 Å². The predicted molar refractivity (Wildman–Crippen MR) is 98.3 cm³/mol. The van der Waals surface area contributed by atoms with Crippen molar-refractivity contribution in [2.45, 2.75) is 71.1 Å². The van der Waals surface area contributed by atoms with Crippen LogP contribution in [0, 0.1) is 6.92 Å². The molecule has 1 aliphatic carbocycles. The van der Waals surface area contributed by atoms with E-state index in [1.807, 2.05) is 18.7 Å². The first-order chi connectivity index (χ1) is 12.5. The van der Waals surface area contributed by atoms with Crippen LogP contribution in [0.1, 0.15) is 67.4 Å². The van der Waals surface area contributed by atoms with E-state index in [1.165, 1.54) is 13.3 Å². The van der Waals surface area contributed by atoms with E-state index in [2.05, 4.69) is 11.9 Å². The average Bonchev–Trinajstić information content (AvgIpc) is 2.56. The highest BCUT2D eigenvalue weighted by Crippen LogP contribution is 2.35. The molecule has 0 bridgehead atoms. The number of alkyl halides is 3. The lowest BCUT2D eigenvalue weighted by Crippen LogP contribution is -2.45. The molecule has 150 valence electrons. The summed E-state index contributed by atoms with van der Waals surface area (Å²) >= 11 is 0. The van der Waals surface area contributed by atoms with E-state index >= 15 is 0 Å². The van der Waals surface area contributed by atoms with E-state index in [4.69, 9.17) is 0 Å². The van der Waals surface area contributed by atoms with Gasteiger partial charge in [0.2, 0.25) is 0 Å². The molecule has 1 saturated carbocycles. The van der Waals surface area contributed by atoms with Gasteiger partial charge in [-0.1, -0.05) is 25.8 Å². The predicted octanol–water partition coefficient (Wildman–Crippen LogP) is 4.96. The van der Waals surface area contributed by atoms with Gasteiger partial charge in [-0.2, -0.15) is 13.2 Å². The summed E-state index contributed by atoms with van der Waals surface area (Å²) in [6.07, 6.45) is 0.559. The lowest BCUT2D eigenvalue weighted by molar-refractivity contribution is -0.138. The number of aromatic hydroxyl groups is 1. The van der Waals surface area contributed by atoms with E-state index in [0.717, 1.165) is 37.8 Å². The minimum atomic E-state index is -4.70. The molecule has 1 aromatic carbocycles. The zero-order valence-electron chi connectivity index (χ0n) is 16.0. The first kappa shape index (κ1) is 21.1. The monoisotopic (exact) mass is 384 g/mol. The number of halogens is 3. The Bertz CT molecular complexity index is 708. The molecule has 2 N–H and O–H groups in total. The van der Waals surface area contributed by atoms with Gasteiger partial charge in [0.05, 0.1) is 11.1 Å². The van der Waals surface area contributed by atoms with E-state index in [0.29, 0.717) is 0 Å². The molecule has 0 atom stereocenters. The molecule has 0 unspecified atom stereocenters. The molecular weight excluding hydrogens is 357 g/mol. The number of rotatable bonds is 5. The largest absolute Gasteiger partial charge is 0.508 e. The van der Waals surface area contributed by atoms with Gasteiger partial charge in [-0.05, 0) is 51.3 Å². The van der Waals surface area contributed by atoms with Crippen molar-refractivity contribution in [1.82, 2.24) is 10.2 Å². The van der Waals surface area contributed by atoms with Crippen LogP contribution in [0.15, 0.2) is 24.5 Å². The Morgan fingerprint density at radius 2 is 1.85 bits per heavy atom. The van der Waals surface area contributed by atoms with E-state index in [9.17, 15) is 23.1 Å². The summed E-state index contributed by atoms with van der Waals surface area (Å²) < 4.78 is 40.0. The Hall–Kier alpha value is -2.18. The third kappa shape index (κ3) is 4.96. The Morgan fingerprint density at radius 3 is 2.37 bits per heavy atom. The summed E-state index contributed by atoms with van der Waals surface area (Å²) in [5.41, 5.74) is -1.63. The zero-order chi connectivity index (χ0) is 20.4.